The quantitative estimate of drug-likeness (QED) is 0.488. The molecular weight excluding hydrogens is 368 g/mol. The van der Waals surface area contributed by atoms with Crippen LogP contribution in [0.15, 0.2) is 0 Å². The Morgan fingerprint density at radius 3 is 2.48 bits per heavy atom. The number of thioether (sulfide) groups is 1. The Labute approximate surface area is 166 Å². The summed E-state index contributed by atoms with van der Waals surface area (Å²) >= 11 is 1.28. The number of rotatable bonds is 7. The molecule has 2 aliphatic rings. The minimum absolute atomic E-state index is 0.00306. The summed E-state index contributed by atoms with van der Waals surface area (Å²) in [6.07, 6.45) is 0.343. The van der Waals surface area contributed by atoms with Gasteiger partial charge in [-0.3, -0.25) is 9.69 Å². The van der Waals surface area contributed by atoms with Crippen LogP contribution in [0.25, 0.3) is 0 Å². The van der Waals surface area contributed by atoms with Gasteiger partial charge in [-0.25, -0.2) is 0 Å². The SMILES string of the molecule is CCC[C@@H]1C[C@@H](C(=O)N[C@H](C(C)C)[C@H]2O[C@H](SC)[C@H](O)[C@@H](O)[C@H]2O)N(C)C1. The molecular formula is C19H36N2O5S. The first-order chi connectivity index (χ1) is 12.7. The zero-order chi connectivity index (χ0) is 20.3. The molecule has 8 atom stereocenters. The van der Waals surface area contributed by atoms with Crippen molar-refractivity contribution in [1.82, 2.24) is 10.2 Å². The molecule has 0 bridgehead atoms. The van der Waals surface area contributed by atoms with E-state index in [4.69, 9.17) is 4.74 Å². The Hall–Kier alpha value is -0.380. The number of likely N-dealkylation sites (tertiary alicyclic amines) is 1. The summed E-state index contributed by atoms with van der Waals surface area (Å²) in [5.74, 6) is 0.464. The molecule has 0 aromatic rings. The van der Waals surface area contributed by atoms with E-state index in [9.17, 15) is 20.1 Å². The number of aliphatic hydroxyl groups excluding tert-OH is 3. The summed E-state index contributed by atoms with van der Waals surface area (Å²) in [6.45, 7) is 6.97. The van der Waals surface area contributed by atoms with Gasteiger partial charge in [0.1, 0.15) is 29.9 Å². The number of carbonyl (C=O) groups excluding carboxylic acids is 1. The van der Waals surface area contributed by atoms with Crippen molar-refractivity contribution in [1.29, 1.82) is 0 Å². The first-order valence-electron chi connectivity index (χ1n) is 9.94. The lowest BCUT2D eigenvalue weighted by Crippen LogP contribution is -2.64. The Morgan fingerprint density at radius 2 is 1.93 bits per heavy atom. The number of aliphatic hydroxyl groups is 3. The van der Waals surface area contributed by atoms with E-state index in [-0.39, 0.29) is 17.9 Å². The Morgan fingerprint density at radius 1 is 1.26 bits per heavy atom. The molecule has 2 rings (SSSR count). The van der Waals surface area contributed by atoms with Crippen molar-refractivity contribution >= 4 is 17.7 Å². The molecule has 0 aromatic carbocycles. The molecule has 0 aromatic heterocycles. The van der Waals surface area contributed by atoms with E-state index in [0.29, 0.717) is 5.92 Å². The maximum Gasteiger partial charge on any atom is 0.237 e. The summed E-state index contributed by atoms with van der Waals surface area (Å²) < 4.78 is 5.88. The van der Waals surface area contributed by atoms with Crippen molar-refractivity contribution in [3.8, 4) is 0 Å². The smallest absolute Gasteiger partial charge is 0.237 e. The van der Waals surface area contributed by atoms with Crippen molar-refractivity contribution in [2.24, 2.45) is 11.8 Å². The average molecular weight is 405 g/mol. The van der Waals surface area contributed by atoms with E-state index >= 15 is 0 Å². The molecule has 27 heavy (non-hydrogen) atoms. The average Bonchev–Trinajstić information content (AvgIpc) is 2.99. The van der Waals surface area contributed by atoms with E-state index in [1.54, 1.807) is 6.26 Å². The van der Waals surface area contributed by atoms with Crippen LogP contribution in [-0.2, 0) is 9.53 Å². The predicted molar refractivity (Wildman–Crippen MR) is 106 cm³/mol. The van der Waals surface area contributed by atoms with Crippen LogP contribution in [-0.4, -0.2) is 87.9 Å². The van der Waals surface area contributed by atoms with Crippen molar-refractivity contribution in [3.63, 3.8) is 0 Å². The van der Waals surface area contributed by atoms with Crippen LogP contribution in [0.2, 0.25) is 0 Å². The number of amides is 1. The molecule has 0 unspecified atom stereocenters. The van der Waals surface area contributed by atoms with Gasteiger partial charge in [-0.15, -0.1) is 11.8 Å². The third kappa shape index (κ3) is 5.16. The van der Waals surface area contributed by atoms with Crippen molar-refractivity contribution in [2.75, 3.05) is 19.8 Å². The van der Waals surface area contributed by atoms with Crippen LogP contribution in [0, 0.1) is 11.8 Å². The molecule has 1 amide bonds. The monoisotopic (exact) mass is 404 g/mol. The summed E-state index contributed by atoms with van der Waals surface area (Å²) in [5.41, 5.74) is -0.644. The van der Waals surface area contributed by atoms with Crippen molar-refractivity contribution in [2.45, 2.75) is 82.0 Å². The summed E-state index contributed by atoms with van der Waals surface area (Å²) in [5, 5.41) is 33.8. The Balaban J connectivity index is 2.09. The fourth-order valence-corrected chi connectivity index (χ4v) is 4.96. The van der Waals surface area contributed by atoms with Gasteiger partial charge in [-0.05, 0) is 38.0 Å². The Kier molecular flexibility index (Phi) is 8.39. The zero-order valence-corrected chi connectivity index (χ0v) is 17.9. The van der Waals surface area contributed by atoms with E-state index in [1.807, 2.05) is 20.9 Å². The van der Waals surface area contributed by atoms with E-state index < -0.39 is 35.9 Å². The van der Waals surface area contributed by atoms with Crippen LogP contribution in [0.5, 0.6) is 0 Å². The van der Waals surface area contributed by atoms with E-state index in [2.05, 4.69) is 17.1 Å². The molecule has 2 heterocycles. The second-order valence-electron chi connectivity index (χ2n) is 8.30. The van der Waals surface area contributed by atoms with Gasteiger partial charge < -0.3 is 25.4 Å². The molecule has 8 heteroatoms. The number of nitrogens with one attached hydrogen (secondary N) is 1. The third-order valence-electron chi connectivity index (χ3n) is 5.85. The van der Waals surface area contributed by atoms with Gasteiger partial charge in [0.05, 0.1) is 12.1 Å². The molecule has 0 aliphatic carbocycles. The Bertz CT molecular complexity index is 493. The highest BCUT2D eigenvalue weighted by atomic mass is 32.2. The van der Waals surface area contributed by atoms with Crippen LogP contribution in [0.1, 0.15) is 40.0 Å². The van der Waals surface area contributed by atoms with Crippen LogP contribution < -0.4 is 5.32 Å². The standard InChI is InChI=1S/C19H36N2O5S/c1-6-7-11-8-12(21(4)9-11)18(25)20-13(10(2)3)17-15(23)14(22)16(24)19(26-17)27-5/h10-17,19,22-24H,6-9H2,1-5H3,(H,20,25)/t11-,12+,13-,14+,15-,16-,17-,19-/m1/s1. The highest BCUT2D eigenvalue weighted by Gasteiger charge is 2.48. The first kappa shape index (κ1) is 22.9. The molecule has 0 radical (unpaired) electrons. The summed E-state index contributed by atoms with van der Waals surface area (Å²) in [4.78, 5) is 15.1. The molecule has 158 valence electrons. The van der Waals surface area contributed by atoms with Gasteiger partial charge in [-0.1, -0.05) is 27.2 Å². The lowest BCUT2D eigenvalue weighted by atomic mass is 9.88. The van der Waals surface area contributed by atoms with Crippen molar-refractivity contribution in [3.05, 3.63) is 0 Å². The van der Waals surface area contributed by atoms with Crippen LogP contribution >= 0.6 is 11.8 Å². The van der Waals surface area contributed by atoms with E-state index in [1.165, 1.54) is 11.8 Å². The van der Waals surface area contributed by atoms with Gasteiger partial charge in [0.25, 0.3) is 0 Å². The predicted octanol–water partition coefficient (Wildman–Crippen LogP) is 0.418. The molecule has 7 nitrogen and oxygen atoms in total. The normalized spacial score (nSPS) is 38.9. The number of likely N-dealkylation sites (N-methyl/N-ethyl adjacent to an activating group) is 1. The number of carbonyl (C=O) groups is 1. The first-order valence-corrected chi connectivity index (χ1v) is 11.2. The van der Waals surface area contributed by atoms with Crippen LogP contribution in [0.4, 0.5) is 0 Å². The van der Waals surface area contributed by atoms with Gasteiger partial charge in [0.15, 0.2) is 0 Å². The minimum Gasteiger partial charge on any atom is -0.388 e. The fourth-order valence-electron chi connectivity index (χ4n) is 4.28. The van der Waals surface area contributed by atoms with Crippen LogP contribution in [0.3, 0.4) is 0 Å². The molecule has 0 saturated carbocycles. The number of ether oxygens (including phenoxy) is 1. The fraction of sp³-hybridized carbons (Fsp3) is 0.947. The minimum atomic E-state index is -1.30. The molecule has 4 N–H and O–H groups in total. The second-order valence-corrected chi connectivity index (χ2v) is 9.24. The maximum absolute atomic E-state index is 13.0. The molecule has 2 saturated heterocycles. The lowest BCUT2D eigenvalue weighted by molar-refractivity contribution is -0.208. The highest BCUT2D eigenvalue weighted by Crippen LogP contribution is 2.31. The second kappa shape index (κ2) is 9.89. The molecule has 2 fully saturated rings. The van der Waals surface area contributed by atoms with Gasteiger partial charge >= 0.3 is 0 Å². The maximum atomic E-state index is 13.0. The number of hydrogen-bond acceptors (Lipinski definition) is 7. The number of nitrogens with zero attached hydrogens (tertiary/aromatic N) is 1. The number of hydrogen-bond donors (Lipinski definition) is 4. The zero-order valence-electron chi connectivity index (χ0n) is 17.0. The molecule has 0 spiro atoms. The van der Waals surface area contributed by atoms with Gasteiger partial charge in [0.2, 0.25) is 5.91 Å². The molecule has 2 aliphatic heterocycles. The summed E-state index contributed by atoms with van der Waals surface area (Å²) in [6, 6.07) is -0.640. The third-order valence-corrected chi connectivity index (χ3v) is 6.71. The van der Waals surface area contributed by atoms with Gasteiger partial charge in [-0.2, -0.15) is 0 Å². The van der Waals surface area contributed by atoms with Gasteiger partial charge in [0, 0.05) is 6.54 Å². The largest absolute Gasteiger partial charge is 0.388 e. The topological polar surface area (TPSA) is 102 Å². The lowest BCUT2D eigenvalue weighted by Gasteiger charge is -2.44. The summed E-state index contributed by atoms with van der Waals surface area (Å²) in [7, 11) is 1.97. The highest BCUT2D eigenvalue weighted by molar-refractivity contribution is 7.99. The van der Waals surface area contributed by atoms with Crippen molar-refractivity contribution < 1.29 is 24.9 Å². The van der Waals surface area contributed by atoms with E-state index in [0.717, 1.165) is 25.8 Å².